The zero-order chi connectivity index (χ0) is 26.9. The van der Waals surface area contributed by atoms with Crippen molar-refractivity contribution in [3.63, 3.8) is 0 Å². The molecule has 0 bridgehead atoms. The van der Waals surface area contributed by atoms with E-state index in [2.05, 4.69) is 77.7 Å². The molecular formula is C31H32ClNO4S. The van der Waals surface area contributed by atoms with Crippen molar-refractivity contribution < 1.29 is 19.8 Å². The summed E-state index contributed by atoms with van der Waals surface area (Å²) in [7, 11) is 0. The molecule has 0 radical (unpaired) electrons. The first-order valence-electron chi connectivity index (χ1n) is 12.9. The van der Waals surface area contributed by atoms with Gasteiger partial charge in [-0.15, -0.1) is 0 Å². The second-order valence-electron chi connectivity index (χ2n) is 9.46. The van der Waals surface area contributed by atoms with E-state index in [0.717, 1.165) is 23.9 Å². The largest absolute Gasteiger partial charge is 0.481 e. The quantitative estimate of drug-likeness (QED) is 0.249. The number of halogens is 1. The summed E-state index contributed by atoms with van der Waals surface area (Å²) < 4.78 is 0. The summed E-state index contributed by atoms with van der Waals surface area (Å²) in [6.45, 7) is 3.51. The molecule has 3 aromatic carbocycles. The van der Waals surface area contributed by atoms with Crippen LogP contribution in [-0.2, 0) is 9.59 Å². The molecule has 0 aromatic heterocycles. The van der Waals surface area contributed by atoms with Crippen LogP contribution >= 0.6 is 23.4 Å². The van der Waals surface area contributed by atoms with Gasteiger partial charge in [0.1, 0.15) is 0 Å². The van der Waals surface area contributed by atoms with E-state index in [1.165, 1.54) is 58.0 Å². The lowest BCUT2D eigenvalue weighted by Gasteiger charge is -2.32. The Bertz CT molecular complexity index is 1270. The van der Waals surface area contributed by atoms with Crippen molar-refractivity contribution in [2.75, 3.05) is 19.6 Å². The Morgan fingerprint density at radius 2 is 1.50 bits per heavy atom. The fraction of sp³-hybridized carbons (Fsp3) is 0.290. The third-order valence-corrected chi connectivity index (χ3v) is 8.22. The van der Waals surface area contributed by atoms with Crippen LogP contribution in [0.25, 0.3) is 5.57 Å². The number of benzene rings is 3. The molecule has 7 heteroatoms. The third kappa shape index (κ3) is 7.73. The number of carboxylic acids is 2. The van der Waals surface area contributed by atoms with E-state index in [9.17, 15) is 9.59 Å². The number of carboxylic acid groups (broad SMARTS) is 2. The molecule has 1 saturated heterocycles. The van der Waals surface area contributed by atoms with E-state index in [1.807, 2.05) is 17.8 Å². The number of fused-ring (bicyclic) bond motifs is 2. The van der Waals surface area contributed by atoms with Crippen molar-refractivity contribution in [1.29, 1.82) is 0 Å². The maximum Gasteiger partial charge on any atom is 0.303 e. The number of likely N-dealkylation sites (tertiary alicyclic amines) is 1. The van der Waals surface area contributed by atoms with E-state index < -0.39 is 11.9 Å². The SMILES string of the molecule is Clc1ccc2c(c1)/C(=C\CCN1CCC(c3ccccc3)CC1)c1ccccc1S2.O=C(O)CCC(=O)O. The Labute approximate surface area is 233 Å². The molecule has 2 aliphatic heterocycles. The predicted molar refractivity (Wildman–Crippen MR) is 153 cm³/mol. The average molecular weight is 550 g/mol. The van der Waals surface area contributed by atoms with Crippen LogP contribution in [0.3, 0.4) is 0 Å². The maximum absolute atomic E-state index is 9.64. The van der Waals surface area contributed by atoms with Crippen LogP contribution in [0.4, 0.5) is 0 Å². The van der Waals surface area contributed by atoms with Crippen LogP contribution in [0.5, 0.6) is 0 Å². The summed E-state index contributed by atoms with van der Waals surface area (Å²) in [6, 6.07) is 26.0. The molecule has 3 aromatic rings. The minimum absolute atomic E-state index is 0.296. The predicted octanol–water partition coefficient (Wildman–Crippen LogP) is 7.44. The Kier molecular flexibility index (Phi) is 10.0. The van der Waals surface area contributed by atoms with Gasteiger partial charge in [0, 0.05) is 21.4 Å². The van der Waals surface area contributed by atoms with E-state index in [-0.39, 0.29) is 12.8 Å². The molecule has 38 heavy (non-hydrogen) atoms. The van der Waals surface area contributed by atoms with Gasteiger partial charge in [-0.05, 0) is 84.8 Å². The van der Waals surface area contributed by atoms with E-state index in [4.69, 9.17) is 21.8 Å². The Balaban J connectivity index is 0.000000368. The van der Waals surface area contributed by atoms with Crippen LogP contribution in [0.1, 0.15) is 54.7 Å². The smallest absolute Gasteiger partial charge is 0.303 e. The standard InChI is InChI=1S/C27H26ClNS.C4H6O4/c28-22-12-13-27-25(19-22)23(24-9-4-5-11-26(24)30-27)10-6-16-29-17-14-21(15-18-29)20-7-2-1-3-8-20;5-3(6)1-2-4(7)8/h1-5,7-13,19,21H,6,14-18H2;1-2H2,(H,5,6)(H,7,8)/b23-10-;. The van der Waals surface area contributed by atoms with E-state index in [1.54, 1.807) is 0 Å². The number of nitrogens with zero attached hydrogens (tertiary/aromatic N) is 1. The zero-order valence-corrected chi connectivity index (χ0v) is 22.8. The lowest BCUT2D eigenvalue weighted by Crippen LogP contribution is -2.33. The Morgan fingerprint density at radius 1 is 0.868 bits per heavy atom. The highest BCUT2D eigenvalue weighted by atomic mass is 35.5. The van der Waals surface area contributed by atoms with Gasteiger partial charge in [-0.1, -0.05) is 78.0 Å². The normalized spacial score (nSPS) is 16.2. The fourth-order valence-electron chi connectivity index (χ4n) is 4.88. The number of hydrogen-bond donors (Lipinski definition) is 2. The second kappa shape index (κ2) is 13.7. The van der Waals surface area contributed by atoms with Crippen LogP contribution in [0, 0.1) is 0 Å². The molecule has 0 atom stereocenters. The molecule has 0 spiro atoms. The van der Waals surface area contributed by atoms with Crippen molar-refractivity contribution in [3.05, 3.63) is 101 Å². The van der Waals surface area contributed by atoms with Crippen molar-refractivity contribution in [1.82, 2.24) is 4.90 Å². The molecular weight excluding hydrogens is 518 g/mol. The summed E-state index contributed by atoms with van der Waals surface area (Å²) in [6.07, 6.45) is 5.43. The van der Waals surface area contributed by atoms with Gasteiger partial charge in [-0.25, -0.2) is 0 Å². The van der Waals surface area contributed by atoms with Crippen LogP contribution in [0.2, 0.25) is 5.02 Å². The molecule has 2 aliphatic rings. The molecule has 5 nitrogen and oxygen atoms in total. The van der Waals surface area contributed by atoms with Crippen molar-refractivity contribution >= 4 is 40.9 Å². The van der Waals surface area contributed by atoms with Gasteiger partial charge in [0.25, 0.3) is 0 Å². The molecule has 2 N–H and O–H groups in total. The van der Waals surface area contributed by atoms with Gasteiger partial charge in [-0.2, -0.15) is 0 Å². The number of carbonyl (C=O) groups is 2. The first kappa shape index (κ1) is 28.0. The summed E-state index contributed by atoms with van der Waals surface area (Å²) in [5.74, 6) is -1.43. The molecule has 5 rings (SSSR count). The van der Waals surface area contributed by atoms with Crippen molar-refractivity contribution in [2.24, 2.45) is 0 Å². The van der Waals surface area contributed by atoms with Gasteiger partial charge < -0.3 is 15.1 Å². The van der Waals surface area contributed by atoms with Crippen LogP contribution < -0.4 is 0 Å². The topological polar surface area (TPSA) is 77.8 Å². The zero-order valence-electron chi connectivity index (χ0n) is 21.2. The molecule has 0 amide bonds. The molecule has 2 heterocycles. The molecule has 0 unspecified atom stereocenters. The minimum Gasteiger partial charge on any atom is -0.481 e. The van der Waals surface area contributed by atoms with Gasteiger partial charge in [0.2, 0.25) is 0 Å². The fourth-order valence-corrected chi connectivity index (χ4v) is 6.14. The van der Waals surface area contributed by atoms with Gasteiger partial charge in [0.05, 0.1) is 12.8 Å². The number of aliphatic carboxylic acids is 2. The summed E-state index contributed by atoms with van der Waals surface area (Å²) in [5.41, 5.74) is 5.44. The molecule has 1 fully saturated rings. The van der Waals surface area contributed by atoms with Gasteiger partial charge in [0.15, 0.2) is 0 Å². The van der Waals surface area contributed by atoms with E-state index >= 15 is 0 Å². The van der Waals surface area contributed by atoms with E-state index in [0.29, 0.717) is 0 Å². The molecule has 0 saturated carbocycles. The average Bonchev–Trinajstić information content (AvgIpc) is 2.93. The molecule has 0 aliphatic carbocycles. The minimum atomic E-state index is -1.08. The monoisotopic (exact) mass is 549 g/mol. The first-order chi connectivity index (χ1) is 18.4. The number of rotatable bonds is 7. The van der Waals surface area contributed by atoms with Crippen molar-refractivity contribution in [2.45, 2.75) is 47.8 Å². The highest BCUT2D eigenvalue weighted by Crippen LogP contribution is 2.46. The Morgan fingerprint density at radius 3 is 2.18 bits per heavy atom. The first-order valence-corrected chi connectivity index (χ1v) is 14.1. The number of hydrogen-bond acceptors (Lipinski definition) is 4. The summed E-state index contributed by atoms with van der Waals surface area (Å²) in [5, 5.41) is 16.6. The van der Waals surface area contributed by atoms with Crippen molar-refractivity contribution in [3.8, 4) is 0 Å². The highest BCUT2D eigenvalue weighted by molar-refractivity contribution is 7.99. The second-order valence-corrected chi connectivity index (χ2v) is 11.0. The number of piperidine rings is 1. The lowest BCUT2D eigenvalue weighted by atomic mass is 9.89. The lowest BCUT2D eigenvalue weighted by molar-refractivity contribution is -0.143. The molecule has 198 valence electrons. The van der Waals surface area contributed by atoms with Gasteiger partial charge in [-0.3, -0.25) is 9.59 Å². The maximum atomic E-state index is 9.64. The summed E-state index contributed by atoms with van der Waals surface area (Å²) >= 11 is 8.19. The Hall–Kier alpha value is -3.06. The highest BCUT2D eigenvalue weighted by Gasteiger charge is 2.22. The van der Waals surface area contributed by atoms with Crippen LogP contribution in [0.15, 0.2) is 88.7 Å². The van der Waals surface area contributed by atoms with Crippen LogP contribution in [-0.4, -0.2) is 46.7 Å². The summed E-state index contributed by atoms with van der Waals surface area (Å²) in [4.78, 5) is 24.5. The third-order valence-electron chi connectivity index (χ3n) is 6.83. The van der Waals surface area contributed by atoms with Gasteiger partial charge >= 0.3 is 11.9 Å².